The summed E-state index contributed by atoms with van der Waals surface area (Å²) in [6, 6.07) is 2.11. The van der Waals surface area contributed by atoms with Crippen molar-refractivity contribution in [2.45, 2.75) is 32.2 Å². The highest BCUT2D eigenvalue weighted by Gasteiger charge is 2.55. The molecule has 1 heterocycles. The van der Waals surface area contributed by atoms with E-state index in [9.17, 15) is 4.79 Å². The minimum Gasteiger partial charge on any atom is -0.341 e. The zero-order valence-electron chi connectivity index (χ0n) is 10.6. The smallest absolute Gasteiger partial charge is 0.226 e. The molecule has 2 nitrogen and oxygen atoms in total. The molecule has 2 atom stereocenters. The van der Waals surface area contributed by atoms with E-state index in [2.05, 4.69) is 27.4 Å². The van der Waals surface area contributed by atoms with Crippen LogP contribution in [0.15, 0.2) is 15.2 Å². The van der Waals surface area contributed by atoms with Crippen LogP contribution in [0.5, 0.6) is 0 Å². The summed E-state index contributed by atoms with van der Waals surface area (Å²) in [7, 11) is 1.94. The molecular weight excluding hydrogens is 310 g/mol. The van der Waals surface area contributed by atoms with E-state index >= 15 is 0 Å². The predicted octanol–water partition coefficient (Wildman–Crippen LogP) is 3.91. The Kier molecular flexibility index (Phi) is 3.50. The van der Waals surface area contributed by atoms with Gasteiger partial charge in [0.2, 0.25) is 5.91 Å². The van der Waals surface area contributed by atoms with Crippen LogP contribution in [0.1, 0.15) is 31.2 Å². The summed E-state index contributed by atoms with van der Waals surface area (Å²) in [5, 5.41) is 2.12. The van der Waals surface area contributed by atoms with E-state index in [0.29, 0.717) is 23.7 Å². The first kappa shape index (κ1) is 12.7. The van der Waals surface area contributed by atoms with E-state index in [0.717, 1.165) is 10.3 Å². The Labute approximate surface area is 120 Å². The van der Waals surface area contributed by atoms with E-state index in [4.69, 9.17) is 0 Å². The second kappa shape index (κ2) is 4.97. The fraction of sp³-hybridized carbons (Fsp3) is 0.643. The topological polar surface area (TPSA) is 20.3 Å². The minimum atomic E-state index is 0.347. The van der Waals surface area contributed by atoms with Crippen LogP contribution in [0, 0.1) is 17.8 Å². The molecule has 0 aromatic carbocycles. The van der Waals surface area contributed by atoms with Gasteiger partial charge in [-0.15, -0.1) is 11.3 Å². The first-order valence-corrected chi connectivity index (χ1v) is 8.32. The number of fused-ring (bicyclic) bond motifs is 1. The van der Waals surface area contributed by atoms with E-state index in [1.165, 1.54) is 31.2 Å². The number of hydrogen-bond acceptors (Lipinski definition) is 2. The number of carbonyl (C=O) groups excluding carboxylic acids is 1. The van der Waals surface area contributed by atoms with Gasteiger partial charge in [0, 0.05) is 19.5 Å². The van der Waals surface area contributed by atoms with E-state index < -0.39 is 0 Å². The van der Waals surface area contributed by atoms with Crippen LogP contribution in [0.4, 0.5) is 0 Å². The highest BCUT2D eigenvalue weighted by atomic mass is 79.9. The molecule has 2 fully saturated rings. The van der Waals surface area contributed by atoms with Crippen LogP contribution in [0.2, 0.25) is 0 Å². The van der Waals surface area contributed by atoms with Gasteiger partial charge in [0.1, 0.15) is 0 Å². The normalized spacial score (nSPS) is 29.8. The standard InChI is InChI=1S/C14H18BrNOS/c1-16(7-9-6-12(15)18-8-9)14(17)13-10-4-2-3-5-11(10)13/h6,8,10-11,13H,2-5,7H2,1H3. The fourth-order valence-electron chi connectivity index (χ4n) is 3.39. The lowest BCUT2D eigenvalue weighted by Gasteiger charge is -2.16. The second-order valence-corrected chi connectivity index (χ2v) is 7.88. The summed E-state index contributed by atoms with van der Waals surface area (Å²) >= 11 is 5.15. The first-order chi connectivity index (χ1) is 8.66. The Morgan fingerprint density at radius 3 is 2.67 bits per heavy atom. The average Bonchev–Trinajstić information content (AvgIpc) is 2.96. The van der Waals surface area contributed by atoms with Crippen molar-refractivity contribution in [2.75, 3.05) is 7.05 Å². The molecule has 0 bridgehead atoms. The Morgan fingerprint density at radius 1 is 1.44 bits per heavy atom. The molecule has 2 aliphatic carbocycles. The van der Waals surface area contributed by atoms with E-state index in [1.807, 2.05) is 11.9 Å². The van der Waals surface area contributed by atoms with Gasteiger partial charge in [0.05, 0.1) is 3.79 Å². The third kappa shape index (κ3) is 2.37. The van der Waals surface area contributed by atoms with Gasteiger partial charge < -0.3 is 4.90 Å². The molecule has 0 aliphatic heterocycles. The highest BCUT2D eigenvalue weighted by molar-refractivity contribution is 9.11. The van der Waals surface area contributed by atoms with Gasteiger partial charge in [-0.05, 0) is 57.6 Å². The van der Waals surface area contributed by atoms with Crippen molar-refractivity contribution in [1.29, 1.82) is 0 Å². The Hall–Kier alpha value is -0.350. The van der Waals surface area contributed by atoms with Crippen molar-refractivity contribution in [3.63, 3.8) is 0 Å². The van der Waals surface area contributed by atoms with Gasteiger partial charge in [-0.1, -0.05) is 12.8 Å². The average molecular weight is 328 g/mol. The highest BCUT2D eigenvalue weighted by Crippen LogP contribution is 2.56. The third-order valence-electron chi connectivity index (χ3n) is 4.36. The first-order valence-electron chi connectivity index (χ1n) is 6.64. The van der Waals surface area contributed by atoms with Crippen LogP contribution in [-0.4, -0.2) is 17.9 Å². The number of nitrogens with zero attached hydrogens (tertiary/aromatic N) is 1. The maximum absolute atomic E-state index is 12.4. The summed E-state index contributed by atoms with van der Waals surface area (Å²) in [6.07, 6.45) is 5.20. The largest absolute Gasteiger partial charge is 0.341 e. The zero-order chi connectivity index (χ0) is 12.7. The summed E-state index contributed by atoms with van der Waals surface area (Å²) in [5.41, 5.74) is 1.23. The molecule has 2 aliphatic rings. The van der Waals surface area contributed by atoms with Gasteiger partial charge in [-0.3, -0.25) is 4.79 Å². The lowest BCUT2D eigenvalue weighted by Crippen LogP contribution is -2.28. The maximum Gasteiger partial charge on any atom is 0.226 e. The minimum absolute atomic E-state index is 0.347. The fourth-order valence-corrected chi connectivity index (χ4v) is 4.59. The quantitative estimate of drug-likeness (QED) is 0.824. The Morgan fingerprint density at radius 2 is 2.11 bits per heavy atom. The number of thiophene rings is 1. The number of halogens is 1. The lowest BCUT2D eigenvalue weighted by atomic mass is 10.0. The SMILES string of the molecule is CN(Cc1csc(Br)c1)C(=O)C1C2CCCCC21. The lowest BCUT2D eigenvalue weighted by molar-refractivity contribution is -0.132. The van der Waals surface area contributed by atoms with Crippen molar-refractivity contribution < 1.29 is 4.79 Å². The summed E-state index contributed by atoms with van der Waals surface area (Å²) in [5.74, 6) is 2.14. The summed E-state index contributed by atoms with van der Waals surface area (Å²) < 4.78 is 1.14. The van der Waals surface area contributed by atoms with Gasteiger partial charge >= 0.3 is 0 Å². The number of amides is 1. The molecule has 0 saturated heterocycles. The second-order valence-electron chi connectivity index (χ2n) is 5.59. The van der Waals surface area contributed by atoms with Crippen molar-refractivity contribution in [2.24, 2.45) is 17.8 Å². The number of rotatable bonds is 3. The van der Waals surface area contributed by atoms with Crippen LogP contribution in [-0.2, 0) is 11.3 Å². The molecule has 0 radical (unpaired) electrons. The molecule has 4 heteroatoms. The molecular formula is C14H18BrNOS. The zero-order valence-corrected chi connectivity index (χ0v) is 13.0. The molecule has 1 amide bonds. The van der Waals surface area contributed by atoms with E-state index in [1.54, 1.807) is 11.3 Å². The van der Waals surface area contributed by atoms with Gasteiger partial charge in [-0.2, -0.15) is 0 Å². The monoisotopic (exact) mass is 327 g/mol. The molecule has 1 aromatic heterocycles. The number of hydrogen-bond donors (Lipinski definition) is 0. The Balaban J connectivity index is 1.59. The van der Waals surface area contributed by atoms with Crippen molar-refractivity contribution in [3.8, 4) is 0 Å². The van der Waals surface area contributed by atoms with Crippen LogP contribution >= 0.6 is 27.3 Å². The van der Waals surface area contributed by atoms with Gasteiger partial charge in [-0.25, -0.2) is 0 Å². The predicted molar refractivity (Wildman–Crippen MR) is 77.4 cm³/mol. The Bertz CT molecular complexity index is 446. The molecule has 98 valence electrons. The number of carbonyl (C=O) groups is 1. The molecule has 2 saturated carbocycles. The molecule has 0 spiro atoms. The van der Waals surface area contributed by atoms with Gasteiger partial charge in [0.25, 0.3) is 0 Å². The molecule has 3 rings (SSSR count). The third-order valence-corrected chi connectivity index (χ3v) is 5.91. The maximum atomic E-state index is 12.4. The van der Waals surface area contributed by atoms with Crippen molar-refractivity contribution in [1.82, 2.24) is 4.90 Å². The van der Waals surface area contributed by atoms with Gasteiger partial charge in [0.15, 0.2) is 0 Å². The van der Waals surface area contributed by atoms with E-state index in [-0.39, 0.29) is 0 Å². The van der Waals surface area contributed by atoms with Crippen LogP contribution < -0.4 is 0 Å². The molecule has 18 heavy (non-hydrogen) atoms. The molecule has 1 aromatic rings. The summed E-state index contributed by atoms with van der Waals surface area (Å²) in [4.78, 5) is 14.3. The molecule has 0 N–H and O–H groups in total. The van der Waals surface area contributed by atoms with Crippen LogP contribution in [0.25, 0.3) is 0 Å². The van der Waals surface area contributed by atoms with Crippen LogP contribution in [0.3, 0.4) is 0 Å². The molecule has 2 unspecified atom stereocenters. The van der Waals surface area contributed by atoms with Crippen molar-refractivity contribution in [3.05, 3.63) is 20.8 Å². The summed E-state index contributed by atoms with van der Waals surface area (Å²) in [6.45, 7) is 0.747. The van der Waals surface area contributed by atoms with Crippen molar-refractivity contribution >= 4 is 33.2 Å².